The summed E-state index contributed by atoms with van der Waals surface area (Å²) in [5.41, 5.74) is 1.00. The molecule has 0 amide bonds. The van der Waals surface area contributed by atoms with Crippen LogP contribution in [0, 0.1) is 6.92 Å². The van der Waals surface area contributed by atoms with Crippen LogP contribution in [0.25, 0.3) is 0 Å². The van der Waals surface area contributed by atoms with Crippen LogP contribution in [-0.2, 0) is 13.1 Å². The lowest BCUT2D eigenvalue weighted by atomic mass is 10.3. The number of hydrogen-bond acceptors (Lipinski definition) is 3. The predicted octanol–water partition coefficient (Wildman–Crippen LogP) is 2.35. The van der Waals surface area contributed by atoms with Gasteiger partial charge in [0.05, 0.1) is 12.2 Å². The second-order valence-electron chi connectivity index (χ2n) is 5.05. The first-order chi connectivity index (χ1) is 10.8. The number of guanidine groups is 1. The van der Waals surface area contributed by atoms with Crippen molar-refractivity contribution in [2.24, 2.45) is 4.99 Å². The first-order valence-corrected chi connectivity index (χ1v) is 7.62. The van der Waals surface area contributed by atoms with Crippen LogP contribution >= 0.6 is 24.0 Å². The van der Waals surface area contributed by atoms with Gasteiger partial charge >= 0.3 is 0 Å². The molecular weight excluding hydrogens is 403 g/mol. The molecule has 2 N–H and O–H groups in total. The Morgan fingerprint density at radius 3 is 2.70 bits per heavy atom. The maximum absolute atomic E-state index is 4.28. The minimum atomic E-state index is 0. The fraction of sp³-hybridized carbons (Fsp3) is 0.438. The normalized spacial score (nSPS) is 11.0. The number of aliphatic imine (C=N–C) groups is 1. The number of halogens is 1. The van der Waals surface area contributed by atoms with E-state index in [0.29, 0.717) is 6.54 Å². The number of unbranched alkanes of at least 4 members (excludes halogenated alkanes) is 1. The van der Waals surface area contributed by atoms with Gasteiger partial charge in [0, 0.05) is 38.7 Å². The Labute approximate surface area is 154 Å². The summed E-state index contributed by atoms with van der Waals surface area (Å²) in [6.45, 7) is 4.61. The number of rotatable bonds is 7. The van der Waals surface area contributed by atoms with E-state index in [0.717, 1.165) is 43.4 Å². The van der Waals surface area contributed by atoms with Crippen LogP contribution in [0.15, 0.2) is 41.8 Å². The molecule has 0 saturated carbocycles. The van der Waals surface area contributed by atoms with E-state index in [1.54, 1.807) is 13.2 Å². The molecule has 0 aliphatic carbocycles. The molecule has 0 aliphatic rings. The van der Waals surface area contributed by atoms with Gasteiger partial charge in [-0.25, -0.2) is 4.98 Å². The summed E-state index contributed by atoms with van der Waals surface area (Å²) in [5, 5.41) is 6.58. The molecule has 2 aromatic heterocycles. The minimum absolute atomic E-state index is 0. The van der Waals surface area contributed by atoms with Crippen molar-refractivity contribution in [3.05, 3.63) is 48.3 Å². The third-order valence-electron chi connectivity index (χ3n) is 3.43. The Kier molecular flexibility index (Phi) is 9.27. The molecule has 0 aliphatic heterocycles. The summed E-state index contributed by atoms with van der Waals surface area (Å²) in [5.74, 6) is 1.88. The number of aromatic nitrogens is 3. The lowest BCUT2D eigenvalue weighted by Gasteiger charge is -2.11. The molecule has 0 aromatic carbocycles. The minimum Gasteiger partial charge on any atom is -0.356 e. The van der Waals surface area contributed by atoms with Crippen LogP contribution in [-0.4, -0.2) is 34.1 Å². The topological polar surface area (TPSA) is 67.1 Å². The first-order valence-electron chi connectivity index (χ1n) is 7.62. The van der Waals surface area contributed by atoms with Gasteiger partial charge < -0.3 is 15.2 Å². The molecule has 0 atom stereocenters. The van der Waals surface area contributed by atoms with Crippen molar-refractivity contribution in [1.29, 1.82) is 0 Å². The zero-order valence-corrected chi connectivity index (χ0v) is 16.0. The van der Waals surface area contributed by atoms with Crippen molar-refractivity contribution < 1.29 is 0 Å². The second-order valence-corrected chi connectivity index (χ2v) is 5.05. The summed E-state index contributed by atoms with van der Waals surface area (Å²) in [6.07, 6.45) is 7.86. The van der Waals surface area contributed by atoms with E-state index in [2.05, 4.69) is 30.2 Å². The average Bonchev–Trinajstić information content (AvgIpc) is 2.96. The van der Waals surface area contributed by atoms with E-state index >= 15 is 0 Å². The number of hydrogen-bond donors (Lipinski definition) is 2. The van der Waals surface area contributed by atoms with Crippen LogP contribution in [0.2, 0.25) is 0 Å². The largest absolute Gasteiger partial charge is 0.356 e. The molecule has 7 heteroatoms. The molecule has 2 heterocycles. The van der Waals surface area contributed by atoms with Crippen LogP contribution in [0.3, 0.4) is 0 Å². The summed E-state index contributed by atoms with van der Waals surface area (Å²) in [6, 6.07) is 5.89. The Morgan fingerprint density at radius 1 is 1.17 bits per heavy atom. The molecule has 0 spiro atoms. The highest BCUT2D eigenvalue weighted by Gasteiger charge is 1.99. The van der Waals surface area contributed by atoms with Gasteiger partial charge in [-0.1, -0.05) is 6.07 Å². The summed E-state index contributed by atoms with van der Waals surface area (Å²) < 4.78 is 2.17. The number of nitrogens with one attached hydrogen (secondary N) is 2. The van der Waals surface area contributed by atoms with Gasteiger partial charge in [-0.3, -0.25) is 9.98 Å². The highest BCUT2D eigenvalue weighted by Crippen LogP contribution is 1.99. The van der Waals surface area contributed by atoms with Crippen molar-refractivity contribution in [3.63, 3.8) is 0 Å². The third-order valence-corrected chi connectivity index (χ3v) is 3.43. The van der Waals surface area contributed by atoms with Gasteiger partial charge in [0.1, 0.15) is 5.82 Å². The van der Waals surface area contributed by atoms with Crippen molar-refractivity contribution in [2.45, 2.75) is 32.9 Å². The van der Waals surface area contributed by atoms with Crippen molar-refractivity contribution >= 4 is 29.9 Å². The van der Waals surface area contributed by atoms with Gasteiger partial charge in [0.25, 0.3) is 0 Å². The molecule has 6 nitrogen and oxygen atoms in total. The van der Waals surface area contributed by atoms with Crippen molar-refractivity contribution in [1.82, 2.24) is 25.2 Å². The van der Waals surface area contributed by atoms with Gasteiger partial charge in [0.2, 0.25) is 0 Å². The smallest absolute Gasteiger partial charge is 0.191 e. The van der Waals surface area contributed by atoms with Crippen molar-refractivity contribution in [2.75, 3.05) is 13.6 Å². The quantitative estimate of drug-likeness (QED) is 0.308. The molecule has 0 saturated heterocycles. The Bertz CT molecular complexity index is 581. The summed E-state index contributed by atoms with van der Waals surface area (Å²) in [7, 11) is 1.78. The van der Waals surface area contributed by atoms with Gasteiger partial charge in [0.15, 0.2) is 5.96 Å². The summed E-state index contributed by atoms with van der Waals surface area (Å²) >= 11 is 0. The standard InChI is InChI=1S/C16H24N6.HI/c1-14-18-10-12-22(14)11-6-5-9-20-16(17-2)21-13-15-7-3-4-8-19-15;/h3-4,7-8,10,12H,5-6,9,11,13H2,1-2H3,(H2,17,20,21);1H. The second kappa shape index (κ2) is 11.0. The number of aryl methyl sites for hydroxylation is 2. The van der Waals surface area contributed by atoms with E-state index in [1.165, 1.54) is 0 Å². The number of imidazole rings is 1. The van der Waals surface area contributed by atoms with E-state index in [-0.39, 0.29) is 24.0 Å². The highest BCUT2D eigenvalue weighted by atomic mass is 127. The Balaban J connectivity index is 0.00000264. The molecular formula is C16H25IN6. The average molecular weight is 428 g/mol. The first kappa shape index (κ1) is 19.4. The number of pyridine rings is 1. The van der Waals surface area contributed by atoms with Gasteiger partial charge in [-0.05, 0) is 31.9 Å². The third kappa shape index (κ3) is 6.98. The fourth-order valence-corrected chi connectivity index (χ4v) is 2.15. The Morgan fingerprint density at radius 2 is 2.04 bits per heavy atom. The molecule has 0 radical (unpaired) electrons. The predicted molar refractivity (Wildman–Crippen MR) is 104 cm³/mol. The molecule has 0 unspecified atom stereocenters. The number of nitrogens with zero attached hydrogens (tertiary/aromatic N) is 4. The van der Waals surface area contributed by atoms with E-state index in [1.807, 2.05) is 37.5 Å². The van der Waals surface area contributed by atoms with Gasteiger partial charge in [-0.2, -0.15) is 0 Å². The van der Waals surface area contributed by atoms with Gasteiger partial charge in [-0.15, -0.1) is 24.0 Å². The van der Waals surface area contributed by atoms with Crippen LogP contribution < -0.4 is 10.6 Å². The van der Waals surface area contributed by atoms with Crippen LogP contribution in [0.5, 0.6) is 0 Å². The fourth-order valence-electron chi connectivity index (χ4n) is 2.15. The Hall–Kier alpha value is -1.64. The lowest BCUT2D eigenvalue weighted by molar-refractivity contribution is 0.588. The molecule has 126 valence electrons. The zero-order chi connectivity index (χ0) is 15.6. The zero-order valence-electron chi connectivity index (χ0n) is 13.7. The van der Waals surface area contributed by atoms with Crippen molar-refractivity contribution in [3.8, 4) is 0 Å². The maximum Gasteiger partial charge on any atom is 0.191 e. The molecule has 2 rings (SSSR count). The van der Waals surface area contributed by atoms with Crippen LogP contribution in [0.4, 0.5) is 0 Å². The van der Waals surface area contributed by atoms with E-state index < -0.39 is 0 Å². The molecule has 0 bridgehead atoms. The SMILES string of the molecule is CN=C(NCCCCn1ccnc1C)NCc1ccccn1.I. The summed E-state index contributed by atoms with van der Waals surface area (Å²) in [4.78, 5) is 12.7. The van der Waals surface area contributed by atoms with E-state index in [9.17, 15) is 0 Å². The van der Waals surface area contributed by atoms with Crippen LogP contribution in [0.1, 0.15) is 24.4 Å². The highest BCUT2D eigenvalue weighted by molar-refractivity contribution is 14.0. The monoisotopic (exact) mass is 428 g/mol. The lowest BCUT2D eigenvalue weighted by Crippen LogP contribution is -2.37. The molecule has 2 aromatic rings. The maximum atomic E-state index is 4.28. The molecule has 0 fully saturated rings. The molecule has 23 heavy (non-hydrogen) atoms. The van der Waals surface area contributed by atoms with E-state index in [4.69, 9.17) is 0 Å².